The highest BCUT2D eigenvalue weighted by Gasteiger charge is 2.45. The van der Waals surface area contributed by atoms with Gasteiger partial charge in [0, 0.05) is 10.5 Å². The van der Waals surface area contributed by atoms with Crippen molar-refractivity contribution in [2.24, 2.45) is 0 Å². The third-order valence-electron chi connectivity index (χ3n) is 3.48. The monoisotopic (exact) mass is 261 g/mol. The predicted molar refractivity (Wildman–Crippen MR) is 70.4 cm³/mol. The second kappa shape index (κ2) is 6.07. The van der Waals surface area contributed by atoms with Crippen molar-refractivity contribution in [1.29, 1.82) is 0 Å². The van der Waals surface area contributed by atoms with Gasteiger partial charge in [-0.1, -0.05) is 13.8 Å². The van der Waals surface area contributed by atoms with E-state index in [2.05, 4.69) is 5.32 Å². The number of aliphatic hydroxyl groups excluding tert-OH is 1. The Balaban J connectivity index is 2.57. The zero-order chi connectivity index (χ0) is 13.1. The Kier molecular flexibility index (Phi) is 5.28. The zero-order valence-electron chi connectivity index (χ0n) is 10.8. The summed E-state index contributed by atoms with van der Waals surface area (Å²) in [6, 6.07) is 0. The maximum atomic E-state index is 11.4. The summed E-state index contributed by atoms with van der Waals surface area (Å²) in [5.74, 6) is -0.743. The van der Waals surface area contributed by atoms with E-state index in [1.54, 1.807) is 18.7 Å². The molecule has 0 radical (unpaired) electrons. The van der Waals surface area contributed by atoms with Crippen LogP contribution in [0.1, 0.15) is 40.0 Å². The highest BCUT2D eigenvalue weighted by Crippen LogP contribution is 2.39. The van der Waals surface area contributed by atoms with E-state index in [9.17, 15) is 15.0 Å². The molecule has 0 bridgehead atoms. The van der Waals surface area contributed by atoms with Gasteiger partial charge in [0.25, 0.3) is 0 Å². The number of thioether (sulfide) groups is 1. The number of carboxylic acid groups (broad SMARTS) is 1. The lowest BCUT2D eigenvalue weighted by Crippen LogP contribution is -2.50. The predicted octanol–water partition coefficient (Wildman–Crippen LogP) is 1.47. The highest BCUT2D eigenvalue weighted by molar-refractivity contribution is 8.00. The van der Waals surface area contributed by atoms with Crippen molar-refractivity contribution in [2.45, 2.75) is 62.2 Å². The summed E-state index contributed by atoms with van der Waals surface area (Å²) in [5.41, 5.74) is -0.745. The van der Waals surface area contributed by atoms with Crippen molar-refractivity contribution in [3.63, 3.8) is 0 Å². The Labute approximate surface area is 107 Å². The molecule has 1 saturated carbocycles. The van der Waals surface area contributed by atoms with Crippen LogP contribution in [0.15, 0.2) is 0 Å². The summed E-state index contributed by atoms with van der Waals surface area (Å²) < 4.78 is 0. The minimum Gasteiger partial charge on any atom is -0.480 e. The molecule has 0 aromatic rings. The summed E-state index contributed by atoms with van der Waals surface area (Å²) in [6.45, 7) is 6.38. The summed E-state index contributed by atoms with van der Waals surface area (Å²) in [5, 5.41) is 22.4. The molecule has 4 nitrogen and oxygen atoms in total. The number of hydrogen-bond donors (Lipinski definition) is 3. The summed E-state index contributed by atoms with van der Waals surface area (Å²) >= 11 is 1.71. The minimum absolute atomic E-state index is 0.159. The summed E-state index contributed by atoms with van der Waals surface area (Å²) in [6.07, 6.45) is 1.89. The first-order valence-electron chi connectivity index (χ1n) is 6.23. The fraction of sp³-hybridized carbons (Fsp3) is 0.917. The van der Waals surface area contributed by atoms with E-state index >= 15 is 0 Å². The molecule has 17 heavy (non-hydrogen) atoms. The second-order valence-electron chi connectivity index (χ2n) is 4.86. The Morgan fingerprint density at radius 1 is 1.59 bits per heavy atom. The van der Waals surface area contributed by atoms with Crippen LogP contribution in [0.25, 0.3) is 0 Å². The SMILES string of the molecule is CCNC1(C(=O)O)CCC(SC(C)C(C)O)C1. The van der Waals surface area contributed by atoms with Gasteiger partial charge in [-0.2, -0.15) is 11.8 Å². The smallest absolute Gasteiger partial charge is 0.323 e. The number of carboxylic acids is 1. The van der Waals surface area contributed by atoms with Crippen LogP contribution in [-0.2, 0) is 4.79 Å². The second-order valence-corrected chi connectivity index (χ2v) is 6.55. The van der Waals surface area contributed by atoms with E-state index in [0.717, 1.165) is 6.42 Å². The largest absolute Gasteiger partial charge is 0.480 e. The molecule has 0 aliphatic heterocycles. The first kappa shape index (κ1) is 14.8. The average Bonchev–Trinajstić information content (AvgIpc) is 2.63. The molecule has 0 spiro atoms. The van der Waals surface area contributed by atoms with E-state index in [-0.39, 0.29) is 11.4 Å². The molecular formula is C12H23NO3S. The van der Waals surface area contributed by atoms with Gasteiger partial charge in [-0.25, -0.2) is 0 Å². The van der Waals surface area contributed by atoms with Crippen molar-refractivity contribution >= 4 is 17.7 Å². The number of aliphatic carboxylic acids is 1. The van der Waals surface area contributed by atoms with Crippen molar-refractivity contribution in [3.05, 3.63) is 0 Å². The van der Waals surface area contributed by atoms with Gasteiger partial charge >= 0.3 is 5.97 Å². The van der Waals surface area contributed by atoms with Gasteiger partial charge in [-0.15, -0.1) is 0 Å². The molecule has 0 saturated heterocycles. The van der Waals surface area contributed by atoms with Gasteiger partial charge in [0.2, 0.25) is 0 Å². The van der Waals surface area contributed by atoms with Crippen LogP contribution in [0.3, 0.4) is 0 Å². The quantitative estimate of drug-likeness (QED) is 0.675. The van der Waals surface area contributed by atoms with Gasteiger partial charge in [-0.3, -0.25) is 4.79 Å². The lowest BCUT2D eigenvalue weighted by Gasteiger charge is -2.26. The number of rotatable bonds is 6. The molecule has 5 heteroatoms. The van der Waals surface area contributed by atoms with Crippen LogP contribution in [0.4, 0.5) is 0 Å². The van der Waals surface area contributed by atoms with Crippen molar-refractivity contribution in [1.82, 2.24) is 5.32 Å². The van der Waals surface area contributed by atoms with Gasteiger partial charge < -0.3 is 15.5 Å². The van der Waals surface area contributed by atoms with Crippen LogP contribution in [0.5, 0.6) is 0 Å². The van der Waals surface area contributed by atoms with E-state index in [1.165, 1.54) is 0 Å². The number of nitrogens with one attached hydrogen (secondary N) is 1. The number of hydrogen-bond acceptors (Lipinski definition) is 4. The third-order valence-corrected chi connectivity index (χ3v) is 5.09. The fourth-order valence-corrected chi connectivity index (χ4v) is 3.77. The van der Waals surface area contributed by atoms with Crippen LogP contribution >= 0.6 is 11.8 Å². The summed E-state index contributed by atoms with van der Waals surface area (Å²) in [7, 11) is 0. The lowest BCUT2D eigenvalue weighted by molar-refractivity contribution is -0.144. The maximum Gasteiger partial charge on any atom is 0.323 e. The van der Waals surface area contributed by atoms with Gasteiger partial charge in [-0.05, 0) is 32.7 Å². The third kappa shape index (κ3) is 3.60. The number of carbonyl (C=O) groups is 1. The average molecular weight is 261 g/mol. The standard InChI is InChI=1S/C12H23NO3S/c1-4-13-12(11(15)16)6-5-10(7-12)17-9(3)8(2)14/h8-10,13-14H,4-7H2,1-3H3,(H,15,16). The Morgan fingerprint density at radius 3 is 2.71 bits per heavy atom. The number of likely N-dealkylation sites (N-methyl/N-ethyl adjacent to an activating group) is 1. The number of aliphatic hydroxyl groups is 1. The highest BCUT2D eigenvalue weighted by atomic mass is 32.2. The van der Waals surface area contributed by atoms with Crippen LogP contribution < -0.4 is 5.32 Å². The molecule has 1 aliphatic rings. The normalized spacial score (nSPS) is 32.4. The van der Waals surface area contributed by atoms with Crippen LogP contribution in [0, 0.1) is 0 Å². The Morgan fingerprint density at radius 2 is 2.24 bits per heavy atom. The fourth-order valence-electron chi connectivity index (χ4n) is 2.30. The summed E-state index contributed by atoms with van der Waals surface area (Å²) in [4.78, 5) is 11.4. The van der Waals surface area contributed by atoms with Crippen molar-refractivity contribution in [2.75, 3.05) is 6.54 Å². The minimum atomic E-state index is -0.745. The topological polar surface area (TPSA) is 69.6 Å². The first-order chi connectivity index (χ1) is 7.91. The molecular weight excluding hydrogens is 238 g/mol. The molecule has 4 unspecified atom stereocenters. The molecule has 1 aliphatic carbocycles. The molecule has 100 valence electrons. The molecule has 1 fully saturated rings. The van der Waals surface area contributed by atoms with Gasteiger partial charge in [0.1, 0.15) is 5.54 Å². The van der Waals surface area contributed by atoms with Crippen molar-refractivity contribution < 1.29 is 15.0 Å². The maximum absolute atomic E-state index is 11.4. The van der Waals surface area contributed by atoms with E-state index in [0.29, 0.717) is 24.6 Å². The molecule has 3 N–H and O–H groups in total. The lowest BCUT2D eigenvalue weighted by atomic mass is 9.98. The first-order valence-corrected chi connectivity index (χ1v) is 7.17. The molecule has 1 rings (SSSR count). The molecule has 0 aromatic carbocycles. The van der Waals surface area contributed by atoms with Gasteiger partial charge in [0.15, 0.2) is 0 Å². The van der Waals surface area contributed by atoms with Crippen LogP contribution in [0.2, 0.25) is 0 Å². The van der Waals surface area contributed by atoms with Crippen molar-refractivity contribution in [3.8, 4) is 0 Å². The molecule has 0 aromatic heterocycles. The zero-order valence-corrected chi connectivity index (χ0v) is 11.6. The Bertz CT molecular complexity index is 272. The van der Waals surface area contributed by atoms with E-state index in [4.69, 9.17) is 0 Å². The molecule has 0 amide bonds. The van der Waals surface area contributed by atoms with Crippen LogP contribution in [-0.4, -0.2) is 44.9 Å². The van der Waals surface area contributed by atoms with Gasteiger partial charge in [0.05, 0.1) is 6.10 Å². The van der Waals surface area contributed by atoms with E-state index in [1.807, 2.05) is 13.8 Å². The Hall–Kier alpha value is -0.260. The molecule has 0 heterocycles. The molecule has 4 atom stereocenters. The van der Waals surface area contributed by atoms with E-state index < -0.39 is 11.5 Å².